The summed E-state index contributed by atoms with van der Waals surface area (Å²) in [5.41, 5.74) is 5.42. The number of sulfonamides is 1. The van der Waals surface area contributed by atoms with E-state index in [9.17, 15) is 8.42 Å². The Morgan fingerprint density at radius 2 is 2.39 bits per heavy atom. The normalized spacial score (nSPS) is 21.6. The molecule has 0 bridgehead atoms. The van der Waals surface area contributed by atoms with E-state index in [2.05, 4.69) is 25.6 Å². The van der Waals surface area contributed by atoms with Crippen molar-refractivity contribution in [3.05, 3.63) is 16.5 Å². The molecule has 18 heavy (non-hydrogen) atoms. The third-order valence-electron chi connectivity index (χ3n) is 2.91. The Morgan fingerprint density at radius 1 is 1.67 bits per heavy atom. The van der Waals surface area contributed by atoms with Crippen LogP contribution in [0.4, 0.5) is 0 Å². The Labute approximate surface area is 115 Å². The predicted octanol–water partition coefficient (Wildman–Crippen LogP) is 0.483. The zero-order valence-electron chi connectivity index (χ0n) is 10.0. The summed E-state index contributed by atoms with van der Waals surface area (Å²) in [6.07, 6.45) is 0.814. The minimum absolute atomic E-state index is 0.0527. The summed E-state index contributed by atoms with van der Waals surface area (Å²) in [4.78, 5) is 2.20. The Kier molecular flexibility index (Phi) is 4.12. The molecule has 0 amide bonds. The van der Waals surface area contributed by atoms with Crippen molar-refractivity contribution in [2.75, 3.05) is 20.1 Å². The minimum Gasteiger partial charge on any atom is -0.452 e. The molecular weight excluding hydrogens is 322 g/mol. The molecule has 1 unspecified atom stereocenters. The molecular formula is C10H16BrN3O3S. The monoisotopic (exact) mass is 337 g/mol. The van der Waals surface area contributed by atoms with E-state index >= 15 is 0 Å². The number of nitrogens with two attached hydrogens (primary N) is 1. The average molecular weight is 338 g/mol. The summed E-state index contributed by atoms with van der Waals surface area (Å²) in [7, 11) is -1.59. The lowest BCUT2D eigenvalue weighted by molar-refractivity contribution is 0.407. The molecule has 1 aliphatic rings. The highest BCUT2D eigenvalue weighted by Gasteiger charge is 2.28. The second kappa shape index (κ2) is 5.30. The van der Waals surface area contributed by atoms with Crippen LogP contribution in [-0.2, 0) is 16.6 Å². The van der Waals surface area contributed by atoms with Gasteiger partial charge in [-0.15, -0.1) is 0 Å². The zero-order chi connectivity index (χ0) is 13.3. The van der Waals surface area contributed by atoms with Gasteiger partial charge in [-0.3, -0.25) is 0 Å². The maximum absolute atomic E-state index is 12.2. The molecule has 0 spiro atoms. The van der Waals surface area contributed by atoms with Gasteiger partial charge in [0.25, 0.3) is 0 Å². The molecule has 0 aromatic carbocycles. The first kappa shape index (κ1) is 14.0. The fourth-order valence-corrected chi connectivity index (χ4v) is 4.26. The molecule has 0 radical (unpaired) electrons. The molecule has 1 aliphatic heterocycles. The van der Waals surface area contributed by atoms with Crippen molar-refractivity contribution in [2.24, 2.45) is 5.73 Å². The number of furan rings is 1. The molecule has 2 rings (SSSR count). The highest BCUT2D eigenvalue weighted by molar-refractivity contribution is 9.10. The predicted molar refractivity (Wildman–Crippen MR) is 70.5 cm³/mol. The second-order valence-corrected chi connectivity index (χ2v) is 6.83. The molecule has 8 heteroatoms. The van der Waals surface area contributed by atoms with Crippen molar-refractivity contribution >= 4 is 26.0 Å². The molecule has 0 aliphatic carbocycles. The molecule has 1 aromatic rings. The maximum atomic E-state index is 12.2. The smallest absolute Gasteiger partial charge is 0.245 e. The molecule has 102 valence electrons. The Hall–Kier alpha value is -0.410. The molecule has 0 saturated carbocycles. The number of nitrogens with zero attached hydrogens (tertiary/aromatic N) is 1. The van der Waals surface area contributed by atoms with Gasteiger partial charge in [0.15, 0.2) is 4.67 Å². The number of rotatable bonds is 4. The molecule has 2 heterocycles. The topological polar surface area (TPSA) is 88.6 Å². The van der Waals surface area contributed by atoms with Crippen molar-refractivity contribution in [1.29, 1.82) is 0 Å². The van der Waals surface area contributed by atoms with Crippen LogP contribution in [0.25, 0.3) is 0 Å². The van der Waals surface area contributed by atoms with Gasteiger partial charge < -0.3 is 15.1 Å². The average Bonchev–Trinajstić information content (AvgIpc) is 2.84. The van der Waals surface area contributed by atoms with E-state index < -0.39 is 10.0 Å². The Bertz CT molecular complexity index is 528. The summed E-state index contributed by atoms with van der Waals surface area (Å²) in [6, 6.07) is 1.40. The van der Waals surface area contributed by atoms with E-state index in [1.165, 1.54) is 6.07 Å². The van der Waals surface area contributed by atoms with Crippen LogP contribution in [0.3, 0.4) is 0 Å². The molecule has 1 saturated heterocycles. The highest BCUT2D eigenvalue weighted by atomic mass is 79.9. The van der Waals surface area contributed by atoms with Crippen LogP contribution < -0.4 is 10.5 Å². The van der Waals surface area contributed by atoms with Crippen LogP contribution in [0.5, 0.6) is 0 Å². The van der Waals surface area contributed by atoms with Crippen molar-refractivity contribution in [3.63, 3.8) is 0 Å². The molecule has 6 nitrogen and oxygen atoms in total. The van der Waals surface area contributed by atoms with E-state index in [0.717, 1.165) is 19.5 Å². The van der Waals surface area contributed by atoms with Crippen LogP contribution in [0, 0.1) is 0 Å². The Balaban J connectivity index is 2.17. The van der Waals surface area contributed by atoms with E-state index in [4.69, 9.17) is 10.2 Å². The van der Waals surface area contributed by atoms with Crippen molar-refractivity contribution in [3.8, 4) is 0 Å². The van der Waals surface area contributed by atoms with Gasteiger partial charge in [0.05, 0.1) is 6.54 Å². The van der Waals surface area contributed by atoms with Gasteiger partial charge in [0.1, 0.15) is 10.7 Å². The van der Waals surface area contributed by atoms with Crippen molar-refractivity contribution in [2.45, 2.75) is 23.9 Å². The first-order valence-electron chi connectivity index (χ1n) is 5.61. The SMILES string of the molecule is CN1CCC(NS(=O)(=O)c2cc(CN)oc2Br)C1. The fraction of sp³-hybridized carbons (Fsp3) is 0.600. The quantitative estimate of drug-likeness (QED) is 0.834. The number of nitrogens with one attached hydrogen (secondary N) is 1. The standard InChI is InChI=1S/C10H16BrN3O3S/c1-14-3-2-7(6-14)13-18(15,16)9-4-8(5-12)17-10(9)11/h4,7,13H,2-3,5-6,12H2,1H3. The number of halogens is 1. The van der Waals surface area contributed by atoms with Crippen LogP contribution >= 0.6 is 15.9 Å². The van der Waals surface area contributed by atoms with Gasteiger partial charge in [-0.05, 0) is 35.9 Å². The number of hydrogen-bond acceptors (Lipinski definition) is 5. The van der Waals surface area contributed by atoms with E-state index in [1.54, 1.807) is 0 Å². The number of likely N-dealkylation sites (N-methyl/N-ethyl adjacent to an activating group) is 1. The van der Waals surface area contributed by atoms with Crippen molar-refractivity contribution < 1.29 is 12.8 Å². The minimum atomic E-state index is -3.56. The summed E-state index contributed by atoms with van der Waals surface area (Å²) in [6.45, 7) is 1.78. The van der Waals surface area contributed by atoms with Gasteiger partial charge >= 0.3 is 0 Å². The van der Waals surface area contributed by atoms with E-state index in [1.807, 2.05) is 7.05 Å². The summed E-state index contributed by atoms with van der Waals surface area (Å²) in [5, 5.41) is 0. The largest absolute Gasteiger partial charge is 0.452 e. The molecule has 1 atom stereocenters. The maximum Gasteiger partial charge on any atom is 0.245 e. The third kappa shape index (κ3) is 2.94. The van der Waals surface area contributed by atoms with Gasteiger partial charge in [0, 0.05) is 18.7 Å². The molecule has 1 fully saturated rings. The summed E-state index contributed by atoms with van der Waals surface area (Å²) >= 11 is 3.10. The van der Waals surface area contributed by atoms with Crippen LogP contribution in [0.2, 0.25) is 0 Å². The Morgan fingerprint density at radius 3 is 2.89 bits per heavy atom. The van der Waals surface area contributed by atoms with Gasteiger partial charge in [-0.2, -0.15) is 0 Å². The van der Waals surface area contributed by atoms with Crippen LogP contribution in [0.15, 0.2) is 20.0 Å². The van der Waals surface area contributed by atoms with E-state index in [-0.39, 0.29) is 22.2 Å². The fourth-order valence-electron chi connectivity index (χ4n) is 2.00. The molecule has 3 N–H and O–H groups in total. The zero-order valence-corrected chi connectivity index (χ0v) is 12.4. The first-order chi connectivity index (χ1) is 8.42. The number of hydrogen-bond donors (Lipinski definition) is 2. The van der Waals surface area contributed by atoms with Gasteiger partial charge in [-0.1, -0.05) is 0 Å². The molecule has 1 aromatic heterocycles. The lowest BCUT2D eigenvalue weighted by Gasteiger charge is -2.12. The lowest BCUT2D eigenvalue weighted by atomic mass is 10.3. The van der Waals surface area contributed by atoms with Crippen LogP contribution in [0.1, 0.15) is 12.2 Å². The van der Waals surface area contributed by atoms with Gasteiger partial charge in [0.2, 0.25) is 10.0 Å². The van der Waals surface area contributed by atoms with Crippen LogP contribution in [-0.4, -0.2) is 39.5 Å². The van der Waals surface area contributed by atoms with Gasteiger partial charge in [-0.25, -0.2) is 13.1 Å². The first-order valence-corrected chi connectivity index (χ1v) is 7.89. The summed E-state index contributed by atoms with van der Waals surface area (Å²) < 4.78 is 32.4. The third-order valence-corrected chi connectivity index (χ3v) is 5.29. The second-order valence-electron chi connectivity index (χ2n) is 4.42. The lowest BCUT2D eigenvalue weighted by Crippen LogP contribution is -2.36. The summed E-state index contributed by atoms with van der Waals surface area (Å²) in [5.74, 6) is 0.436. The number of likely N-dealkylation sites (tertiary alicyclic amines) is 1. The highest BCUT2D eigenvalue weighted by Crippen LogP contribution is 2.26. The van der Waals surface area contributed by atoms with Crippen molar-refractivity contribution in [1.82, 2.24) is 9.62 Å². The van der Waals surface area contributed by atoms with E-state index in [0.29, 0.717) is 5.76 Å².